The van der Waals surface area contributed by atoms with Crippen LogP contribution >= 0.6 is 27.5 Å². The van der Waals surface area contributed by atoms with Crippen molar-refractivity contribution in [3.63, 3.8) is 0 Å². The third-order valence-electron chi connectivity index (χ3n) is 2.83. The van der Waals surface area contributed by atoms with Crippen molar-refractivity contribution in [1.29, 1.82) is 0 Å². The molecule has 0 amide bonds. The number of aryl methyl sites for hydroxylation is 1. The minimum Gasteiger partial charge on any atom is -0.263 e. The number of rotatable bonds is 3. The molecule has 1 nitrogen and oxygen atoms in total. The fourth-order valence-corrected chi connectivity index (χ4v) is 2.86. The Morgan fingerprint density at radius 3 is 2.89 bits per heavy atom. The van der Waals surface area contributed by atoms with Crippen molar-refractivity contribution in [3.8, 4) is 0 Å². The minimum atomic E-state index is -0.221. The summed E-state index contributed by atoms with van der Waals surface area (Å²) >= 11 is 9.67. The largest absolute Gasteiger partial charge is 0.263 e. The Bertz CT molecular complexity index is 559. The van der Waals surface area contributed by atoms with Crippen LogP contribution in [0.5, 0.6) is 0 Å². The number of halogens is 3. The van der Waals surface area contributed by atoms with E-state index in [-0.39, 0.29) is 10.6 Å². The van der Waals surface area contributed by atoms with E-state index in [1.54, 1.807) is 24.5 Å². The summed E-state index contributed by atoms with van der Waals surface area (Å²) in [4.78, 5) is 3.98. The summed E-state index contributed by atoms with van der Waals surface area (Å²) in [6.07, 6.45) is 4.03. The third-order valence-corrected chi connectivity index (χ3v) is 3.99. The molecule has 0 bridgehead atoms. The zero-order chi connectivity index (χ0) is 13.1. The van der Waals surface area contributed by atoms with Crippen LogP contribution in [0.15, 0.2) is 36.7 Å². The van der Waals surface area contributed by atoms with Gasteiger partial charge in [-0.05, 0) is 48.2 Å². The lowest BCUT2D eigenvalue weighted by Crippen LogP contribution is -1.99. The number of benzene rings is 1. The van der Waals surface area contributed by atoms with Gasteiger partial charge in [-0.15, -0.1) is 0 Å². The Labute approximate surface area is 119 Å². The van der Waals surface area contributed by atoms with Crippen LogP contribution in [0, 0.1) is 12.7 Å². The van der Waals surface area contributed by atoms with Crippen molar-refractivity contribution in [2.75, 3.05) is 0 Å². The molecule has 18 heavy (non-hydrogen) atoms. The SMILES string of the molecule is Cc1ccc(F)cc1C(Br)Cc1ccncc1Cl. The molecule has 1 aromatic carbocycles. The first-order chi connectivity index (χ1) is 8.58. The van der Waals surface area contributed by atoms with Crippen molar-refractivity contribution in [2.24, 2.45) is 0 Å². The minimum absolute atomic E-state index is 0.0353. The van der Waals surface area contributed by atoms with Gasteiger partial charge in [-0.2, -0.15) is 0 Å². The first-order valence-electron chi connectivity index (χ1n) is 5.56. The molecule has 4 heteroatoms. The molecule has 0 aliphatic heterocycles. The second-order valence-electron chi connectivity index (χ2n) is 4.14. The van der Waals surface area contributed by atoms with E-state index in [1.165, 1.54) is 6.07 Å². The summed E-state index contributed by atoms with van der Waals surface area (Å²) < 4.78 is 13.3. The fourth-order valence-electron chi connectivity index (χ4n) is 1.82. The Hall–Kier alpha value is -0.930. The maximum atomic E-state index is 13.3. The highest BCUT2D eigenvalue weighted by molar-refractivity contribution is 9.09. The molecule has 2 rings (SSSR count). The molecule has 0 saturated carbocycles. The zero-order valence-corrected chi connectivity index (χ0v) is 12.2. The Morgan fingerprint density at radius 1 is 1.39 bits per heavy atom. The molecule has 0 N–H and O–H groups in total. The van der Waals surface area contributed by atoms with E-state index in [1.807, 2.05) is 13.0 Å². The molecule has 1 aromatic heterocycles. The van der Waals surface area contributed by atoms with E-state index in [0.717, 1.165) is 16.7 Å². The molecule has 2 aromatic rings. The number of aromatic nitrogens is 1. The Morgan fingerprint density at radius 2 is 2.17 bits per heavy atom. The second-order valence-corrected chi connectivity index (χ2v) is 5.65. The lowest BCUT2D eigenvalue weighted by Gasteiger charge is -2.14. The summed E-state index contributed by atoms with van der Waals surface area (Å²) in [5.74, 6) is -0.221. The Kier molecular flexibility index (Phi) is 4.36. The van der Waals surface area contributed by atoms with E-state index < -0.39 is 0 Å². The molecule has 0 aliphatic rings. The van der Waals surface area contributed by atoms with Crippen LogP contribution in [-0.2, 0) is 6.42 Å². The van der Waals surface area contributed by atoms with Gasteiger partial charge >= 0.3 is 0 Å². The van der Waals surface area contributed by atoms with Crippen LogP contribution in [0.25, 0.3) is 0 Å². The van der Waals surface area contributed by atoms with E-state index in [9.17, 15) is 4.39 Å². The molecular weight excluding hydrogens is 317 g/mol. The van der Waals surface area contributed by atoms with Crippen molar-refractivity contribution in [1.82, 2.24) is 4.98 Å². The summed E-state index contributed by atoms with van der Waals surface area (Å²) in [6.45, 7) is 1.97. The maximum absolute atomic E-state index is 13.3. The average Bonchev–Trinajstić information content (AvgIpc) is 2.35. The number of hydrogen-bond donors (Lipinski definition) is 0. The molecular formula is C14H12BrClFN. The topological polar surface area (TPSA) is 12.9 Å². The molecule has 0 aliphatic carbocycles. The number of nitrogens with zero attached hydrogens (tertiary/aromatic N) is 1. The Balaban J connectivity index is 2.25. The molecule has 1 atom stereocenters. The smallest absolute Gasteiger partial charge is 0.123 e. The molecule has 0 spiro atoms. The standard InChI is InChI=1S/C14H12BrClFN/c1-9-2-3-11(17)7-12(9)13(15)6-10-4-5-18-8-14(10)16/h2-5,7-8,13H,6H2,1H3. The highest BCUT2D eigenvalue weighted by atomic mass is 79.9. The van der Waals surface area contributed by atoms with Crippen molar-refractivity contribution in [3.05, 3.63) is 64.2 Å². The van der Waals surface area contributed by atoms with Gasteiger partial charge in [-0.1, -0.05) is 33.6 Å². The number of alkyl halides is 1. The van der Waals surface area contributed by atoms with Gasteiger partial charge in [0.15, 0.2) is 0 Å². The summed E-state index contributed by atoms with van der Waals surface area (Å²) in [5, 5.41) is 0.635. The molecule has 94 valence electrons. The molecule has 1 heterocycles. The first-order valence-corrected chi connectivity index (χ1v) is 6.86. The highest BCUT2D eigenvalue weighted by Gasteiger charge is 2.13. The van der Waals surface area contributed by atoms with Gasteiger partial charge in [-0.25, -0.2) is 4.39 Å². The molecule has 1 unspecified atom stereocenters. The van der Waals surface area contributed by atoms with Crippen molar-refractivity contribution >= 4 is 27.5 Å². The number of pyridine rings is 1. The van der Waals surface area contributed by atoms with Crippen LogP contribution in [-0.4, -0.2) is 4.98 Å². The normalized spacial score (nSPS) is 12.4. The zero-order valence-electron chi connectivity index (χ0n) is 9.83. The van der Waals surface area contributed by atoms with E-state index in [2.05, 4.69) is 20.9 Å². The van der Waals surface area contributed by atoms with Gasteiger partial charge in [0, 0.05) is 17.2 Å². The van der Waals surface area contributed by atoms with Crippen LogP contribution in [0.1, 0.15) is 21.5 Å². The van der Waals surface area contributed by atoms with Crippen LogP contribution in [0.4, 0.5) is 4.39 Å². The molecule has 0 radical (unpaired) electrons. The lowest BCUT2D eigenvalue weighted by atomic mass is 10.0. The summed E-state index contributed by atoms with van der Waals surface area (Å²) in [5.41, 5.74) is 3.00. The second kappa shape index (κ2) is 5.81. The van der Waals surface area contributed by atoms with E-state index >= 15 is 0 Å². The average molecular weight is 329 g/mol. The van der Waals surface area contributed by atoms with Gasteiger partial charge in [-0.3, -0.25) is 4.98 Å². The monoisotopic (exact) mass is 327 g/mol. The van der Waals surface area contributed by atoms with E-state index in [0.29, 0.717) is 11.4 Å². The molecule has 0 fully saturated rings. The first kappa shape index (κ1) is 13.5. The van der Waals surface area contributed by atoms with Gasteiger partial charge in [0.2, 0.25) is 0 Å². The van der Waals surface area contributed by atoms with Gasteiger partial charge in [0.05, 0.1) is 5.02 Å². The van der Waals surface area contributed by atoms with Crippen LogP contribution in [0.3, 0.4) is 0 Å². The predicted molar refractivity (Wildman–Crippen MR) is 75.8 cm³/mol. The van der Waals surface area contributed by atoms with E-state index in [4.69, 9.17) is 11.6 Å². The third kappa shape index (κ3) is 3.09. The number of hydrogen-bond acceptors (Lipinski definition) is 1. The summed E-state index contributed by atoms with van der Waals surface area (Å²) in [6, 6.07) is 6.69. The quantitative estimate of drug-likeness (QED) is 0.733. The maximum Gasteiger partial charge on any atom is 0.123 e. The predicted octanol–water partition coefficient (Wildman–Crippen LogP) is 4.86. The lowest BCUT2D eigenvalue weighted by molar-refractivity contribution is 0.624. The van der Waals surface area contributed by atoms with Crippen molar-refractivity contribution < 1.29 is 4.39 Å². The fraction of sp³-hybridized carbons (Fsp3) is 0.214. The van der Waals surface area contributed by atoms with Gasteiger partial charge in [0.1, 0.15) is 5.82 Å². The van der Waals surface area contributed by atoms with Crippen molar-refractivity contribution in [2.45, 2.75) is 18.2 Å². The summed E-state index contributed by atoms with van der Waals surface area (Å²) in [7, 11) is 0. The van der Waals surface area contributed by atoms with Crippen LogP contribution < -0.4 is 0 Å². The highest BCUT2D eigenvalue weighted by Crippen LogP contribution is 2.31. The van der Waals surface area contributed by atoms with Gasteiger partial charge < -0.3 is 0 Å². The van der Waals surface area contributed by atoms with Gasteiger partial charge in [0.25, 0.3) is 0 Å². The van der Waals surface area contributed by atoms with Crippen LogP contribution in [0.2, 0.25) is 5.02 Å². The molecule has 0 saturated heterocycles.